The van der Waals surface area contributed by atoms with E-state index in [9.17, 15) is 10.2 Å². The first-order valence-corrected chi connectivity index (χ1v) is 11.1. The molecule has 0 amide bonds. The van der Waals surface area contributed by atoms with Crippen molar-refractivity contribution in [1.29, 1.82) is 0 Å². The highest BCUT2D eigenvalue weighted by Crippen LogP contribution is 2.40. The van der Waals surface area contributed by atoms with Gasteiger partial charge in [0, 0.05) is 55.0 Å². The molecule has 160 valence electrons. The third-order valence-corrected chi connectivity index (χ3v) is 6.84. The summed E-state index contributed by atoms with van der Waals surface area (Å²) in [6, 6.07) is 0. The molecule has 1 fully saturated rings. The summed E-state index contributed by atoms with van der Waals surface area (Å²) >= 11 is 0. The number of H-pyrrole nitrogens is 1. The minimum atomic E-state index is 0.183. The van der Waals surface area contributed by atoms with E-state index in [1.54, 1.807) is 0 Å². The number of aromatic nitrogens is 1. The Morgan fingerprint density at radius 2 is 1.93 bits per heavy atom. The molecule has 0 spiro atoms. The summed E-state index contributed by atoms with van der Waals surface area (Å²) in [6.45, 7) is 5.17. The summed E-state index contributed by atoms with van der Waals surface area (Å²) < 4.78 is 5.46. The molecule has 2 unspecified atom stereocenters. The van der Waals surface area contributed by atoms with Gasteiger partial charge in [-0.3, -0.25) is 4.90 Å². The molecule has 2 aliphatic heterocycles. The van der Waals surface area contributed by atoms with Gasteiger partial charge in [-0.1, -0.05) is 6.08 Å². The molecule has 4 aliphatic rings. The van der Waals surface area contributed by atoms with Gasteiger partial charge < -0.3 is 25.3 Å². The summed E-state index contributed by atoms with van der Waals surface area (Å²) in [5.41, 5.74) is 4.48. The molecule has 1 saturated heterocycles. The van der Waals surface area contributed by atoms with Gasteiger partial charge in [0.1, 0.15) is 11.6 Å². The van der Waals surface area contributed by atoms with Crippen LogP contribution in [0.2, 0.25) is 0 Å². The fourth-order valence-corrected chi connectivity index (χ4v) is 5.11. The van der Waals surface area contributed by atoms with Crippen molar-refractivity contribution in [2.45, 2.75) is 25.7 Å². The number of aromatic amines is 1. The van der Waals surface area contributed by atoms with Gasteiger partial charge in [-0.2, -0.15) is 0 Å². The van der Waals surface area contributed by atoms with E-state index in [-0.39, 0.29) is 5.92 Å². The van der Waals surface area contributed by atoms with E-state index in [2.05, 4.69) is 27.4 Å². The number of anilines is 1. The molecule has 2 atom stereocenters. The van der Waals surface area contributed by atoms with E-state index in [1.807, 2.05) is 18.3 Å². The molecule has 1 aromatic heterocycles. The zero-order valence-electron chi connectivity index (χ0n) is 17.4. The van der Waals surface area contributed by atoms with Crippen molar-refractivity contribution < 1.29 is 14.9 Å². The van der Waals surface area contributed by atoms with Crippen LogP contribution in [-0.4, -0.2) is 59.5 Å². The first kappa shape index (κ1) is 19.5. The molecule has 5 rings (SSSR count). The first-order valence-electron chi connectivity index (χ1n) is 11.1. The summed E-state index contributed by atoms with van der Waals surface area (Å²) in [5, 5.41) is 24.4. The molecule has 6 heteroatoms. The van der Waals surface area contributed by atoms with Gasteiger partial charge in [0.25, 0.3) is 0 Å². The summed E-state index contributed by atoms with van der Waals surface area (Å²) in [6.07, 6.45) is 14.0. The van der Waals surface area contributed by atoms with Crippen LogP contribution in [-0.2, 0) is 4.74 Å². The fraction of sp³-hybridized carbons (Fsp3) is 0.500. The van der Waals surface area contributed by atoms with Gasteiger partial charge in [-0.15, -0.1) is 0 Å². The number of nitrogens with one attached hydrogen (secondary N) is 2. The van der Waals surface area contributed by atoms with Crippen LogP contribution in [0.1, 0.15) is 36.8 Å². The second kappa shape index (κ2) is 8.36. The van der Waals surface area contributed by atoms with Gasteiger partial charge in [0.05, 0.1) is 19.0 Å². The highest BCUT2D eigenvalue weighted by Gasteiger charge is 2.30. The maximum absolute atomic E-state index is 10.5. The Morgan fingerprint density at radius 1 is 1.10 bits per heavy atom. The van der Waals surface area contributed by atoms with Crippen LogP contribution >= 0.6 is 0 Å². The van der Waals surface area contributed by atoms with Gasteiger partial charge in [-0.25, -0.2) is 0 Å². The Labute approximate surface area is 177 Å². The van der Waals surface area contributed by atoms with Crippen LogP contribution in [0.5, 0.6) is 0 Å². The summed E-state index contributed by atoms with van der Waals surface area (Å²) in [7, 11) is 0. The maximum Gasteiger partial charge on any atom is 0.119 e. The number of aliphatic hydroxyl groups excluding tert-OH is 2. The average Bonchev–Trinajstić information content (AvgIpc) is 3.19. The van der Waals surface area contributed by atoms with E-state index >= 15 is 0 Å². The van der Waals surface area contributed by atoms with Crippen LogP contribution in [0.4, 0.5) is 5.82 Å². The van der Waals surface area contributed by atoms with Crippen LogP contribution in [0.25, 0.3) is 11.6 Å². The molecular weight excluding hydrogens is 378 g/mol. The van der Waals surface area contributed by atoms with E-state index in [0.717, 1.165) is 87.6 Å². The number of fused-ring (bicyclic) bond motifs is 1. The third kappa shape index (κ3) is 3.82. The largest absolute Gasteiger partial charge is 0.512 e. The maximum atomic E-state index is 10.5. The van der Waals surface area contributed by atoms with Crippen LogP contribution < -0.4 is 5.32 Å². The predicted molar refractivity (Wildman–Crippen MR) is 119 cm³/mol. The number of nitrogens with zero attached hydrogens (tertiary/aromatic N) is 1. The minimum Gasteiger partial charge on any atom is -0.512 e. The highest BCUT2D eigenvalue weighted by atomic mass is 16.5. The second-order valence-electron chi connectivity index (χ2n) is 8.76. The quantitative estimate of drug-likeness (QED) is 0.598. The molecular formula is C24H31N3O3. The summed E-state index contributed by atoms with van der Waals surface area (Å²) in [4.78, 5) is 5.74. The van der Waals surface area contributed by atoms with Crippen molar-refractivity contribution in [3.05, 3.63) is 52.6 Å². The van der Waals surface area contributed by atoms with Crippen LogP contribution in [0.3, 0.4) is 0 Å². The highest BCUT2D eigenvalue weighted by molar-refractivity contribution is 5.88. The molecule has 2 aliphatic carbocycles. The number of hydrogen-bond donors (Lipinski definition) is 4. The smallest absolute Gasteiger partial charge is 0.119 e. The van der Waals surface area contributed by atoms with Crippen LogP contribution in [0, 0.1) is 11.8 Å². The van der Waals surface area contributed by atoms with E-state index in [4.69, 9.17) is 4.74 Å². The van der Waals surface area contributed by atoms with Crippen molar-refractivity contribution in [2.24, 2.45) is 11.8 Å². The molecule has 3 heterocycles. The van der Waals surface area contributed by atoms with Crippen molar-refractivity contribution >= 4 is 17.5 Å². The third-order valence-electron chi connectivity index (χ3n) is 6.84. The SMILES string of the molecule is OC1=CCCC=C1c1c[nH]c2c1C=C(C1CC=C(O)C(CN3CCOCC3)C1)CN2. The lowest BCUT2D eigenvalue weighted by Gasteiger charge is -2.35. The fourth-order valence-electron chi connectivity index (χ4n) is 5.11. The first-order chi connectivity index (χ1) is 14.7. The molecule has 6 nitrogen and oxygen atoms in total. The zero-order chi connectivity index (χ0) is 20.5. The number of aliphatic hydroxyl groups is 2. The molecule has 0 aromatic carbocycles. The predicted octanol–water partition coefficient (Wildman–Crippen LogP) is 4.24. The lowest BCUT2D eigenvalue weighted by molar-refractivity contribution is 0.0281. The molecule has 4 N–H and O–H groups in total. The Morgan fingerprint density at radius 3 is 2.77 bits per heavy atom. The lowest BCUT2D eigenvalue weighted by Crippen LogP contribution is -2.40. The minimum absolute atomic E-state index is 0.183. The number of allylic oxidation sites excluding steroid dienone is 4. The number of morpholine rings is 1. The van der Waals surface area contributed by atoms with Gasteiger partial charge in [0.15, 0.2) is 0 Å². The van der Waals surface area contributed by atoms with Crippen molar-refractivity contribution in [1.82, 2.24) is 9.88 Å². The molecule has 30 heavy (non-hydrogen) atoms. The van der Waals surface area contributed by atoms with Crippen molar-refractivity contribution in [3.63, 3.8) is 0 Å². The molecule has 0 saturated carbocycles. The molecule has 1 aromatic rings. The standard InChI is InChI=1S/C24H31N3O3/c28-22-6-5-16(11-18(22)15-27-7-9-30-10-8-27)17-12-20-21(14-26-24(20)25-13-17)19-3-1-2-4-23(19)29/h3-4,6,12,14,16,18,25-26,28-29H,1-2,5,7-11,13,15H2. The van der Waals surface area contributed by atoms with Crippen LogP contribution in [0.15, 0.2) is 41.5 Å². The number of hydrogen-bond acceptors (Lipinski definition) is 5. The number of ether oxygens (including phenoxy) is 1. The zero-order valence-corrected chi connectivity index (χ0v) is 17.4. The van der Waals surface area contributed by atoms with E-state index < -0.39 is 0 Å². The molecule has 0 radical (unpaired) electrons. The topological polar surface area (TPSA) is 80.8 Å². The van der Waals surface area contributed by atoms with E-state index in [1.165, 1.54) is 5.57 Å². The van der Waals surface area contributed by atoms with Gasteiger partial charge in [-0.05, 0) is 55.4 Å². The Bertz CT molecular complexity index is 918. The lowest BCUT2D eigenvalue weighted by atomic mass is 9.79. The monoisotopic (exact) mass is 409 g/mol. The normalized spacial score (nSPS) is 27.3. The Kier molecular flexibility index (Phi) is 5.44. The summed E-state index contributed by atoms with van der Waals surface area (Å²) in [5.74, 6) is 2.54. The Hall–Kier alpha value is -2.44. The van der Waals surface area contributed by atoms with Crippen molar-refractivity contribution in [3.8, 4) is 0 Å². The van der Waals surface area contributed by atoms with Gasteiger partial charge in [0.2, 0.25) is 0 Å². The molecule has 0 bridgehead atoms. The van der Waals surface area contributed by atoms with E-state index in [0.29, 0.717) is 17.4 Å². The average molecular weight is 410 g/mol. The second-order valence-corrected chi connectivity index (χ2v) is 8.76. The van der Waals surface area contributed by atoms with Crippen molar-refractivity contribution in [2.75, 3.05) is 44.7 Å². The number of rotatable bonds is 4. The Balaban J connectivity index is 1.36. The van der Waals surface area contributed by atoms with Gasteiger partial charge >= 0.3 is 0 Å².